The lowest BCUT2D eigenvalue weighted by atomic mass is 9.92. The Labute approximate surface area is 245 Å². The van der Waals surface area contributed by atoms with Gasteiger partial charge in [-0.3, -0.25) is 4.90 Å². The fourth-order valence-electron chi connectivity index (χ4n) is 6.66. The summed E-state index contributed by atoms with van der Waals surface area (Å²) in [6.07, 6.45) is 1.27. The Balaban J connectivity index is 1.23. The molecule has 2 aliphatic heterocycles. The third-order valence-electron chi connectivity index (χ3n) is 8.45. The van der Waals surface area contributed by atoms with Crippen molar-refractivity contribution >= 4 is 12.2 Å². The van der Waals surface area contributed by atoms with Crippen molar-refractivity contribution in [2.45, 2.75) is 90.4 Å². The first-order chi connectivity index (χ1) is 20.0. The van der Waals surface area contributed by atoms with Gasteiger partial charge < -0.3 is 19.4 Å². The second kappa shape index (κ2) is 10.9. The Morgan fingerprint density at radius 2 is 1.93 bits per heavy atom. The highest BCUT2D eigenvalue weighted by Crippen LogP contribution is 2.42. The largest absolute Gasteiger partial charge is 0.444 e. The fraction of sp³-hybridized carbons (Fsp3) is 0.455. The number of benzene rings is 2. The van der Waals surface area contributed by atoms with Crippen molar-refractivity contribution in [1.29, 1.82) is 0 Å². The van der Waals surface area contributed by atoms with Gasteiger partial charge in [0.1, 0.15) is 29.2 Å². The van der Waals surface area contributed by atoms with E-state index in [1.165, 1.54) is 22.4 Å². The van der Waals surface area contributed by atoms with Crippen LogP contribution in [0.2, 0.25) is 0 Å². The molecule has 4 atom stereocenters. The van der Waals surface area contributed by atoms with E-state index >= 15 is 0 Å². The molecule has 3 heterocycles. The van der Waals surface area contributed by atoms with Crippen LogP contribution >= 0.6 is 0 Å². The van der Waals surface area contributed by atoms with Crippen LogP contribution in [0.15, 0.2) is 48.0 Å². The topological polar surface area (TPSA) is 68.6 Å². The van der Waals surface area contributed by atoms with Crippen LogP contribution in [0.1, 0.15) is 87.0 Å². The average molecular weight is 577 g/mol. The first-order valence-corrected chi connectivity index (χ1v) is 14.7. The number of halogens is 2. The molecular weight excluding hydrogens is 538 g/mol. The number of nitrogens with zero attached hydrogens (tertiary/aromatic N) is 3. The number of aromatic nitrogens is 2. The molecule has 3 aromatic rings. The second-order valence-corrected chi connectivity index (χ2v) is 12.5. The van der Waals surface area contributed by atoms with Gasteiger partial charge >= 0.3 is 6.09 Å². The molecule has 1 aliphatic carbocycles. The highest BCUT2D eigenvalue weighted by atomic mass is 19.1. The van der Waals surface area contributed by atoms with E-state index in [1.807, 2.05) is 0 Å². The summed E-state index contributed by atoms with van der Waals surface area (Å²) >= 11 is 0. The number of alkyl carbamates (subject to hydrolysis) is 1. The molecule has 1 fully saturated rings. The normalized spacial score (nSPS) is 23.8. The standard InChI is InChI=1S/C33H38F2N4O3/c1-6-39-28-17-38(16-27(28)36-31(39)29-19(2)13-20-9-7-8-10-23(20)29)22-15-26(37-32(40)42-33(3,4)5)30(41-18-22)24-14-21(34)11-12-25(24)35/h7-14,22,26,29-30H,6,15-18H2,1-5H3,(H,37,40)/t22-,26+,29?,30-/m1/s1. The summed E-state index contributed by atoms with van der Waals surface area (Å²) < 4.78 is 43.0. The van der Waals surface area contributed by atoms with E-state index in [0.29, 0.717) is 26.1 Å². The number of rotatable bonds is 5. The minimum atomic E-state index is -0.846. The van der Waals surface area contributed by atoms with E-state index in [0.717, 1.165) is 36.3 Å². The molecular formula is C33H38F2N4O3. The summed E-state index contributed by atoms with van der Waals surface area (Å²) in [5.41, 5.74) is 5.46. The molecule has 222 valence electrons. The monoisotopic (exact) mass is 576 g/mol. The van der Waals surface area contributed by atoms with Crippen LogP contribution in [0.4, 0.5) is 13.6 Å². The maximum atomic E-state index is 14.8. The van der Waals surface area contributed by atoms with Crippen LogP contribution in [0.25, 0.3) is 6.08 Å². The van der Waals surface area contributed by atoms with Crippen LogP contribution in [-0.2, 0) is 29.1 Å². The Morgan fingerprint density at radius 3 is 2.69 bits per heavy atom. The summed E-state index contributed by atoms with van der Waals surface area (Å²) in [5, 5.41) is 2.89. The number of imidazole rings is 1. The third kappa shape index (κ3) is 5.36. The number of hydrogen-bond acceptors (Lipinski definition) is 5. The molecule has 0 radical (unpaired) electrons. The van der Waals surface area contributed by atoms with Gasteiger partial charge in [0.2, 0.25) is 0 Å². The molecule has 0 saturated carbocycles. The predicted octanol–water partition coefficient (Wildman–Crippen LogP) is 6.47. The Kier molecular flexibility index (Phi) is 7.43. The van der Waals surface area contributed by atoms with Crippen molar-refractivity contribution in [3.63, 3.8) is 0 Å². The Hall–Kier alpha value is -3.56. The summed E-state index contributed by atoms with van der Waals surface area (Å²) in [4.78, 5) is 20.3. The second-order valence-electron chi connectivity index (χ2n) is 12.5. The number of nitrogens with one attached hydrogen (secondary N) is 1. The van der Waals surface area contributed by atoms with Crippen LogP contribution in [0.5, 0.6) is 0 Å². The van der Waals surface area contributed by atoms with Gasteiger partial charge in [-0.05, 0) is 70.4 Å². The highest BCUT2D eigenvalue weighted by molar-refractivity contribution is 5.69. The molecule has 0 bridgehead atoms. The molecule has 1 aromatic heterocycles. The third-order valence-corrected chi connectivity index (χ3v) is 8.45. The minimum Gasteiger partial charge on any atom is -0.444 e. The zero-order valence-corrected chi connectivity index (χ0v) is 24.8. The lowest BCUT2D eigenvalue weighted by Crippen LogP contribution is -2.52. The molecule has 2 aromatic carbocycles. The van der Waals surface area contributed by atoms with Gasteiger partial charge in [0.25, 0.3) is 0 Å². The predicted molar refractivity (Wildman–Crippen MR) is 156 cm³/mol. The van der Waals surface area contributed by atoms with E-state index in [1.54, 1.807) is 20.8 Å². The lowest BCUT2D eigenvalue weighted by molar-refractivity contribution is -0.0630. The summed E-state index contributed by atoms with van der Waals surface area (Å²) in [6, 6.07) is 11.1. The smallest absolute Gasteiger partial charge is 0.407 e. The number of carbonyl (C=O) groups excluding carboxylic acids is 1. The van der Waals surface area contributed by atoms with Crippen molar-refractivity contribution in [3.8, 4) is 0 Å². The Morgan fingerprint density at radius 1 is 1.14 bits per heavy atom. The summed E-state index contributed by atoms with van der Waals surface area (Å²) in [6.45, 7) is 12.1. The zero-order valence-electron chi connectivity index (χ0n) is 24.8. The SMILES string of the molecule is CCn1c(C2C(C)=Cc3ccccc32)nc2c1CN([C@H]1CO[C@H](c3cc(F)ccc3F)[C@@H](NC(=O)OC(C)(C)C)C1)C2. The summed E-state index contributed by atoms with van der Waals surface area (Å²) in [5.74, 6) is 0.0851. The van der Waals surface area contributed by atoms with E-state index in [4.69, 9.17) is 14.5 Å². The van der Waals surface area contributed by atoms with E-state index in [2.05, 4.69) is 59.0 Å². The Bertz CT molecular complexity index is 1540. The first kappa shape index (κ1) is 28.6. The molecule has 42 heavy (non-hydrogen) atoms. The van der Waals surface area contributed by atoms with Gasteiger partial charge in [-0.1, -0.05) is 35.9 Å². The van der Waals surface area contributed by atoms with Gasteiger partial charge in [0.15, 0.2) is 0 Å². The highest BCUT2D eigenvalue weighted by Gasteiger charge is 2.41. The summed E-state index contributed by atoms with van der Waals surface area (Å²) in [7, 11) is 0. The van der Waals surface area contributed by atoms with Crippen molar-refractivity contribution in [2.75, 3.05) is 6.61 Å². The van der Waals surface area contributed by atoms with Gasteiger partial charge in [-0.15, -0.1) is 0 Å². The van der Waals surface area contributed by atoms with Crippen LogP contribution in [-0.4, -0.2) is 44.8 Å². The molecule has 1 amide bonds. The molecule has 0 spiro atoms. The molecule has 7 nitrogen and oxygen atoms in total. The maximum Gasteiger partial charge on any atom is 0.407 e. The fourth-order valence-corrected chi connectivity index (χ4v) is 6.66. The molecule has 1 N–H and O–H groups in total. The number of amides is 1. The van der Waals surface area contributed by atoms with Gasteiger partial charge in [0, 0.05) is 31.2 Å². The molecule has 9 heteroatoms. The van der Waals surface area contributed by atoms with E-state index in [9.17, 15) is 13.6 Å². The molecule has 1 unspecified atom stereocenters. The van der Waals surface area contributed by atoms with Crippen LogP contribution in [0, 0.1) is 11.6 Å². The minimum absolute atomic E-state index is 0.0606. The van der Waals surface area contributed by atoms with Gasteiger partial charge in [-0.2, -0.15) is 0 Å². The zero-order chi connectivity index (χ0) is 29.8. The van der Waals surface area contributed by atoms with Gasteiger partial charge in [-0.25, -0.2) is 18.6 Å². The number of hydrogen-bond donors (Lipinski definition) is 1. The number of ether oxygens (including phenoxy) is 2. The maximum absolute atomic E-state index is 14.8. The molecule has 3 aliphatic rings. The first-order valence-electron chi connectivity index (χ1n) is 14.7. The van der Waals surface area contributed by atoms with Crippen LogP contribution in [0.3, 0.4) is 0 Å². The van der Waals surface area contributed by atoms with Gasteiger partial charge in [0.05, 0.1) is 30.0 Å². The number of fused-ring (bicyclic) bond motifs is 2. The number of allylic oxidation sites excluding steroid dienone is 1. The quantitative estimate of drug-likeness (QED) is 0.377. The van der Waals surface area contributed by atoms with E-state index in [-0.39, 0.29) is 17.5 Å². The van der Waals surface area contributed by atoms with E-state index < -0.39 is 35.5 Å². The van der Waals surface area contributed by atoms with Crippen molar-refractivity contribution < 1.29 is 23.0 Å². The van der Waals surface area contributed by atoms with Crippen molar-refractivity contribution in [1.82, 2.24) is 19.8 Å². The molecule has 1 saturated heterocycles. The number of carbonyl (C=O) groups is 1. The molecule has 6 rings (SSSR count). The van der Waals surface area contributed by atoms with Crippen LogP contribution < -0.4 is 5.32 Å². The van der Waals surface area contributed by atoms with Crippen molar-refractivity contribution in [3.05, 3.63) is 93.6 Å². The lowest BCUT2D eigenvalue weighted by Gasteiger charge is -2.40. The van der Waals surface area contributed by atoms with Crippen molar-refractivity contribution in [2.24, 2.45) is 0 Å². The average Bonchev–Trinajstić information content (AvgIpc) is 3.58.